The second-order valence-corrected chi connectivity index (χ2v) is 4.08. The Bertz CT molecular complexity index is 511. The zero-order chi connectivity index (χ0) is 12.8. The highest BCUT2D eigenvalue weighted by Crippen LogP contribution is 2.23. The molecule has 2 rings (SSSR count). The van der Waals surface area contributed by atoms with Crippen LogP contribution in [0.2, 0.25) is 0 Å². The zero-order valence-corrected chi connectivity index (χ0v) is 10.1. The van der Waals surface area contributed by atoms with Crippen molar-refractivity contribution in [1.82, 2.24) is 5.32 Å². The molecule has 4 heteroatoms. The van der Waals surface area contributed by atoms with Gasteiger partial charge >= 0.3 is 0 Å². The molecule has 1 saturated heterocycles. The monoisotopic (exact) mass is 238 g/mol. The van der Waals surface area contributed by atoms with E-state index in [4.69, 9.17) is 10.5 Å². The molecule has 0 bridgehead atoms. The zero-order valence-electron chi connectivity index (χ0n) is 10.1. The number of rotatable bonds is 2. The van der Waals surface area contributed by atoms with E-state index in [2.05, 4.69) is 10.2 Å². The molecule has 1 N–H and O–H groups in total. The van der Waals surface area contributed by atoms with Crippen molar-refractivity contribution in [3.05, 3.63) is 35.4 Å². The second kappa shape index (κ2) is 5.86. The van der Waals surface area contributed by atoms with E-state index in [9.17, 15) is 0 Å². The largest absolute Gasteiger partial charge is 0.369 e. The lowest BCUT2D eigenvalue weighted by atomic mass is 10.1. The average molecular weight is 238 g/mol. The molecule has 0 aliphatic carbocycles. The number of piperazine rings is 1. The number of hydrogen-bond donors (Lipinski definition) is 1. The first-order valence-electron chi connectivity index (χ1n) is 5.92. The van der Waals surface area contributed by atoms with Crippen molar-refractivity contribution < 1.29 is 0 Å². The van der Waals surface area contributed by atoms with E-state index in [-0.39, 0.29) is 5.57 Å². The average Bonchev–Trinajstić information content (AvgIpc) is 2.46. The number of benzene rings is 1. The minimum Gasteiger partial charge on any atom is -0.369 e. The Morgan fingerprint density at radius 3 is 2.50 bits per heavy atom. The molecule has 1 aromatic rings. The van der Waals surface area contributed by atoms with Crippen LogP contribution in [0.3, 0.4) is 0 Å². The van der Waals surface area contributed by atoms with E-state index < -0.39 is 0 Å². The predicted octanol–water partition coefficient (Wildman–Crippen LogP) is 1.53. The molecular formula is C14H14N4. The maximum absolute atomic E-state index is 8.82. The van der Waals surface area contributed by atoms with Crippen molar-refractivity contribution in [3.8, 4) is 12.1 Å². The first kappa shape index (κ1) is 12.2. The second-order valence-electron chi connectivity index (χ2n) is 4.08. The number of nitriles is 2. The number of anilines is 1. The van der Waals surface area contributed by atoms with Crippen molar-refractivity contribution >= 4 is 11.8 Å². The first-order valence-corrected chi connectivity index (χ1v) is 5.92. The van der Waals surface area contributed by atoms with Gasteiger partial charge in [-0.1, -0.05) is 18.2 Å². The smallest absolute Gasteiger partial charge is 0.130 e. The molecule has 0 saturated carbocycles. The maximum Gasteiger partial charge on any atom is 0.130 e. The lowest BCUT2D eigenvalue weighted by Crippen LogP contribution is -2.43. The summed E-state index contributed by atoms with van der Waals surface area (Å²) in [5.41, 5.74) is 2.15. The van der Waals surface area contributed by atoms with Crippen molar-refractivity contribution in [2.24, 2.45) is 0 Å². The molecule has 1 aromatic carbocycles. The van der Waals surface area contributed by atoms with E-state index in [1.807, 2.05) is 36.4 Å². The van der Waals surface area contributed by atoms with Gasteiger partial charge in [0, 0.05) is 31.9 Å². The van der Waals surface area contributed by atoms with Crippen LogP contribution in [0.5, 0.6) is 0 Å². The summed E-state index contributed by atoms with van der Waals surface area (Å²) in [6.45, 7) is 3.81. The molecule has 1 heterocycles. The molecule has 1 aliphatic rings. The van der Waals surface area contributed by atoms with E-state index in [0.717, 1.165) is 37.4 Å². The Morgan fingerprint density at radius 2 is 1.83 bits per heavy atom. The number of nitrogens with one attached hydrogen (secondary N) is 1. The molecule has 0 spiro atoms. The fourth-order valence-corrected chi connectivity index (χ4v) is 2.05. The minimum absolute atomic E-state index is 0.137. The molecule has 0 radical (unpaired) electrons. The predicted molar refractivity (Wildman–Crippen MR) is 70.7 cm³/mol. The summed E-state index contributed by atoms with van der Waals surface area (Å²) in [6.07, 6.45) is 1.65. The van der Waals surface area contributed by atoms with Crippen molar-refractivity contribution in [3.63, 3.8) is 0 Å². The Morgan fingerprint density at radius 1 is 1.17 bits per heavy atom. The summed E-state index contributed by atoms with van der Waals surface area (Å²) < 4.78 is 0. The number of nitrogens with zero attached hydrogens (tertiary/aromatic N) is 3. The van der Waals surface area contributed by atoms with Crippen LogP contribution >= 0.6 is 0 Å². The highest BCUT2D eigenvalue weighted by atomic mass is 15.2. The van der Waals surface area contributed by atoms with E-state index >= 15 is 0 Å². The Kier molecular flexibility index (Phi) is 3.96. The van der Waals surface area contributed by atoms with Crippen LogP contribution in [0.15, 0.2) is 29.8 Å². The molecule has 18 heavy (non-hydrogen) atoms. The van der Waals surface area contributed by atoms with Crippen LogP contribution in [-0.4, -0.2) is 26.2 Å². The van der Waals surface area contributed by atoms with E-state index in [1.54, 1.807) is 6.08 Å². The van der Waals surface area contributed by atoms with Gasteiger partial charge in [-0.3, -0.25) is 0 Å². The van der Waals surface area contributed by atoms with Crippen molar-refractivity contribution in [2.75, 3.05) is 31.1 Å². The van der Waals surface area contributed by atoms with Gasteiger partial charge in [0.15, 0.2) is 0 Å². The van der Waals surface area contributed by atoms with Gasteiger partial charge in [0.05, 0.1) is 0 Å². The van der Waals surface area contributed by atoms with Crippen LogP contribution in [0.25, 0.3) is 6.08 Å². The lowest BCUT2D eigenvalue weighted by molar-refractivity contribution is 0.589. The number of allylic oxidation sites excluding steroid dienone is 1. The summed E-state index contributed by atoms with van der Waals surface area (Å²) in [7, 11) is 0. The van der Waals surface area contributed by atoms with Gasteiger partial charge in [-0.25, -0.2) is 0 Å². The van der Waals surface area contributed by atoms with Gasteiger partial charge in [0.2, 0.25) is 0 Å². The number of hydrogen-bond acceptors (Lipinski definition) is 4. The van der Waals surface area contributed by atoms with Crippen LogP contribution < -0.4 is 10.2 Å². The SMILES string of the molecule is N#CC(C#N)=Cc1ccccc1N1CCNCC1. The van der Waals surface area contributed by atoms with Gasteiger partial charge < -0.3 is 10.2 Å². The van der Waals surface area contributed by atoms with Gasteiger partial charge in [-0.05, 0) is 17.7 Å². The topological polar surface area (TPSA) is 62.9 Å². The van der Waals surface area contributed by atoms with Gasteiger partial charge in [0.25, 0.3) is 0 Å². The highest BCUT2D eigenvalue weighted by Gasteiger charge is 2.12. The van der Waals surface area contributed by atoms with E-state index in [1.165, 1.54) is 0 Å². The highest BCUT2D eigenvalue weighted by molar-refractivity contribution is 5.72. The minimum atomic E-state index is 0.137. The molecule has 0 aromatic heterocycles. The van der Waals surface area contributed by atoms with Crippen molar-refractivity contribution in [2.45, 2.75) is 0 Å². The maximum atomic E-state index is 8.82. The first-order chi connectivity index (χ1) is 8.85. The summed E-state index contributed by atoms with van der Waals surface area (Å²) >= 11 is 0. The quantitative estimate of drug-likeness (QED) is 0.794. The summed E-state index contributed by atoms with van der Waals surface area (Å²) in [6, 6.07) is 11.7. The molecular weight excluding hydrogens is 224 g/mol. The third kappa shape index (κ3) is 2.68. The standard InChI is InChI=1S/C14H14N4/c15-10-12(11-16)9-13-3-1-2-4-14(13)18-7-5-17-6-8-18/h1-4,9,17H,5-8H2. The molecule has 0 amide bonds. The van der Waals surface area contributed by atoms with Crippen molar-refractivity contribution in [1.29, 1.82) is 10.5 Å². The van der Waals surface area contributed by atoms with Gasteiger partial charge in [-0.2, -0.15) is 10.5 Å². The molecule has 4 nitrogen and oxygen atoms in total. The molecule has 0 atom stereocenters. The van der Waals surface area contributed by atoms with Gasteiger partial charge in [0.1, 0.15) is 17.7 Å². The lowest BCUT2D eigenvalue weighted by Gasteiger charge is -2.30. The van der Waals surface area contributed by atoms with Crippen LogP contribution in [0, 0.1) is 22.7 Å². The summed E-state index contributed by atoms with van der Waals surface area (Å²) in [4.78, 5) is 2.27. The third-order valence-corrected chi connectivity index (χ3v) is 2.94. The normalized spacial score (nSPS) is 14.4. The van der Waals surface area contributed by atoms with E-state index in [0.29, 0.717) is 0 Å². The van der Waals surface area contributed by atoms with Gasteiger partial charge in [-0.15, -0.1) is 0 Å². The molecule has 0 unspecified atom stereocenters. The van der Waals surface area contributed by atoms with Crippen LogP contribution in [0.1, 0.15) is 5.56 Å². The fraction of sp³-hybridized carbons (Fsp3) is 0.286. The summed E-state index contributed by atoms with van der Waals surface area (Å²) in [5, 5.41) is 21.0. The molecule has 90 valence electrons. The molecule has 1 fully saturated rings. The Hall–Kier alpha value is -2.30. The Labute approximate surface area is 107 Å². The van der Waals surface area contributed by atoms with Crippen LogP contribution in [-0.2, 0) is 0 Å². The molecule has 1 aliphatic heterocycles. The van der Waals surface area contributed by atoms with Crippen LogP contribution in [0.4, 0.5) is 5.69 Å². The fourth-order valence-electron chi connectivity index (χ4n) is 2.05. The third-order valence-electron chi connectivity index (χ3n) is 2.94. The number of para-hydroxylation sites is 1. The Balaban J connectivity index is 2.34. The summed E-state index contributed by atoms with van der Waals surface area (Å²) in [5.74, 6) is 0.